The minimum atomic E-state index is -3.94. The lowest BCUT2D eigenvalue weighted by molar-refractivity contribution is 0.168. The lowest BCUT2D eigenvalue weighted by Gasteiger charge is -2.31. The van der Waals surface area contributed by atoms with E-state index in [4.69, 9.17) is 11.5 Å². The van der Waals surface area contributed by atoms with Crippen molar-refractivity contribution in [2.45, 2.75) is 44.0 Å². The van der Waals surface area contributed by atoms with Crippen LogP contribution in [0.4, 0.5) is 10.1 Å². The number of halogens is 1. The van der Waals surface area contributed by atoms with E-state index in [1.807, 2.05) is 13.8 Å². The van der Waals surface area contributed by atoms with Gasteiger partial charge in [0.1, 0.15) is 5.82 Å². The van der Waals surface area contributed by atoms with E-state index in [2.05, 4.69) is 0 Å². The average Bonchev–Trinajstić information content (AvgIpc) is 2.52. The number of anilines is 1. The van der Waals surface area contributed by atoms with Crippen molar-refractivity contribution in [3.8, 4) is 0 Å². The summed E-state index contributed by atoms with van der Waals surface area (Å²) < 4.78 is 40.9. The van der Waals surface area contributed by atoms with Crippen LogP contribution in [0.2, 0.25) is 0 Å². The van der Waals surface area contributed by atoms with Crippen LogP contribution >= 0.6 is 0 Å². The van der Waals surface area contributed by atoms with Gasteiger partial charge in [0.2, 0.25) is 10.0 Å². The molecule has 1 aromatic rings. The van der Waals surface area contributed by atoms with Gasteiger partial charge in [-0.25, -0.2) is 12.8 Å². The summed E-state index contributed by atoms with van der Waals surface area (Å²) in [5, 5.41) is 9.69. The van der Waals surface area contributed by atoms with Crippen molar-refractivity contribution in [3.63, 3.8) is 0 Å². The summed E-state index contributed by atoms with van der Waals surface area (Å²) >= 11 is 0. The molecule has 0 spiro atoms. The van der Waals surface area contributed by atoms with Crippen LogP contribution in [0.3, 0.4) is 0 Å². The predicted octanol–water partition coefficient (Wildman–Crippen LogP) is 1.54. The zero-order valence-electron chi connectivity index (χ0n) is 14.3. The summed E-state index contributed by atoms with van der Waals surface area (Å²) in [5.74, 6) is -0.716. The first-order chi connectivity index (χ1) is 11.2. The molecule has 0 radical (unpaired) electrons. The van der Waals surface area contributed by atoms with E-state index >= 15 is 0 Å². The number of hydrogen-bond donors (Lipinski definition) is 3. The lowest BCUT2D eigenvalue weighted by Crippen LogP contribution is -2.44. The fourth-order valence-electron chi connectivity index (χ4n) is 2.46. The lowest BCUT2D eigenvalue weighted by atomic mass is 10.1. The van der Waals surface area contributed by atoms with Crippen LogP contribution in [0, 0.1) is 11.7 Å². The van der Waals surface area contributed by atoms with Gasteiger partial charge in [-0.15, -0.1) is 0 Å². The van der Waals surface area contributed by atoms with Crippen LogP contribution in [-0.2, 0) is 10.0 Å². The summed E-state index contributed by atoms with van der Waals surface area (Å²) in [6.07, 6.45) is 1.96. The van der Waals surface area contributed by atoms with Gasteiger partial charge in [-0.1, -0.05) is 20.3 Å². The van der Waals surface area contributed by atoms with Crippen molar-refractivity contribution in [2.75, 3.05) is 25.4 Å². The summed E-state index contributed by atoms with van der Waals surface area (Å²) in [7, 11) is -3.94. The summed E-state index contributed by atoms with van der Waals surface area (Å²) in [4.78, 5) is -0.160. The van der Waals surface area contributed by atoms with Crippen molar-refractivity contribution >= 4 is 15.7 Å². The minimum Gasteiger partial charge on any atom is -0.396 e. The monoisotopic (exact) mass is 361 g/mol. The highest BCUT2D eigenvalue weighted by Gasteiger charge is 2.31. The van der Waals surface area contributed by atoms with E-state index in [9.17, 15) is 17.9 Å². The van der Waals surface area contributed by atoms with Gasteiger partial charge in [-0.2, -0.15) is 4.31 Å². The second-order valence-corrected chi connectivity index (χ2v) is 8.16. The second kappa shape index (κ2) is 9.31. The van der Waals surface area contributed by atoms with Gasteiger partial charge in [0.15, 0.2) is 0 Å². The maximum Gasteiger partial charge on any atom is 0.243 e. The molecule has 0 unspecified atom stereocenters. The van der Waals surface area contributed by atoms with Crippen molar-refractivity contribution < 1.29 is 17.9 Å². The summed E-state index contributed by atoms with van der Waals surface area (Å²) in [6, 6.07) is 2.88. The Morgan fingerprint density at radius 2 is 1.96 bits per heavy atom. The van der Waals surface area contributed by atoms with Crippen molar-refractivity contribution in [3.05, 3.63) is 24.0 Å². The van der Waals surface area contributed by atoms with Crippen molar-refractivity contribution in [1.82, 2.24) is 4.31 Å². The van der Waals surface area contributed by atoms with Gasteiger partial charge in [-0.3, -0.25) is 0 Å². The number of aliphatic hydroxyl groups excluding tert-OH is 1. The Morgan fingerprint density at radius 3 is 2.46 bits per heavy atom. The van der Waals surface area contributed by atoms with Gasteiger partial charge in [0.25, 0.3) is 0 Å². The van der Waals surface area contributed by atoms with Crippen LogP contribution < -0.4 is 11.5 Å². The fourth-order valence-corrected chi connectivity index (χ4v) is 4.28. The van der Waals surface area contributed by atoms with Crippen molar-refractivity contribution in [1.29, 1.82) is 0 Å². The zero-order valence-corrected chi connectivity index (χ0v) is 15.1. The molecular weight excluding hydrogens is 333 g/mol. The molecule has 1 aromatic carbocycles. The molecule has 24 heavy (non-hydrogen) atoms. The van der Waals surface area contributed by atoms with E-state index in [1.165, 1.54) is 16.4 Å². The Morgan fingerprint density at radius 1 is 1.29 bits per heavy atom. The Labute approximate surface area is 143 Å². The molecule has 1 rings (SSSR count). The third-order valence-electron chi connectivity index (χ3n) is 3.73. The molecule has 0 heterocycles. The molecular formula is C16H28FN3O3S. The quantitative estimate of drug-likeness (QED) is 0.433. The first kappa shape index (κ1) is 20.8. The molecule has 138 valence electrons. The number of benzene rings is 1. The summed E-state index contributed by atoms with van der Waals surface area (Å²) in [6.45, 7) is 4.23. The average molecular weight is 361 g/mol. The number of unbranched alkanes of at least 4 members (excludes halogenated alkanes) is 1. The first-order valence-electron chi connectivity index (χ1n) is 8.11. The Balaban J connectivity index is 3.17. The van der Waals surface area contributed by atoms with Crippen LogP contribution in [0.5, 0.6) is 0 Å². The van der Waals surface area contributed by atoms with Crippen LogP contribution in [0.25, 0.3) is 0 Å². The second-order valence-electron chi connectivity index (χ2n) is 6.27. The number of nitrogens with two attached hydrogens (primary N) is 2. The third kappa shape index (κ3) is 5.41. The number of rotatable bonds is 10. The topological polar surface area (TPSA) is 110 Å². The normalized spacial score (nSPS) is 13.6. The predicted molar refractivity (Wildman–Crippen MR) is 93.3 cm³/mol. The Hall–Kier alpha value is -1.22. The fraction of sp³-hybridized carbons (Fsp3) is 0.625. The Kier molecular flexibility index (Phi) is 8.08. The molecule has 1 atom stereocenters. The first-order valence-corrected chi connectivity index (χ1v) is 9.55. The molecule has 0 amide bonds. The van der Waals surface area contributed by atoms with E-state index in [0.717, 1.165) is 12.5 Å². The largest absolute Gasteiger partial charge is 0.396 e. The zero-order chi connectivity index (χ0) is 18.3. The van der Waals surface area contributed by atoms with Gasteiger partial charge >= 0.3 is 0 Å². The van der Waals surface area contributed by atoms with Crippen LogP contribution in [0.15, 0.2) is 23.1 Å². The molecule has 0 saturated carbocycles. The number of hydrogen-bond acceptors (Lipinski definition) is 5. The van der Waals surface area contributed by atoms with Crippen molar-refractivity contribution in [2.24, 2.45) is 11.7 Å². The number of nitrogens with zero attached hydrogens (tertiary/aromatic N) is 1. The third-order valence-corrected chi connectivity index (χ3v) is 5.65. The number of aliphatic hydroxyl groups is 1. The molecule has 0 saturated heterocycles. The number of nitrogen functional groups attached to an aromatic ring is 1. The SMILES string of the molecule is CC(C)CN([C@H](CO)CCCCN)S(=O)(=O)c1ccc(N)c(F)c1. The highest BCUT2D eigenvalue weighted by atomic mass is 32.2. The van der Waals surface area contributed by atoms with Gasteiger partial charge < -0.3 is 16.6 Å². The van der Waals surface area contributed by atoms with Crippen LogP contribution in [-0.4, -0.2) is 43.6 Å². The highest BCUT2D eigenvalue weighted by molar-refractivity contribution is 7.89. The molecule has 0 bridgehead atoms. The Bertz CT molecular complexity index is 623. The highest BCUT2D eigenvalue weighted by Crippen LogP contribution is 2.24. The number of sulfonamides is 1. The minimum absolute atomic E-state index is 0.0574. The smallest absolute Gasteiger partial charge is 0.243 e. The van der Waals surface area contributed by atoms with Gasteiger partial charge in [0, 0.05) is 12.6 Å². The van der Waals surface area contributed by atoms with Gasteiger partial charge in [-0.05, 0) is 43.5 Å². The van der Waals surface area contributed by atoms with E-state index < -0.39 is 21.9 Å². The maximum absolute atomic E-state index is 13.7. The summed E-state index contributed by atoms with van der Waals surface area (Å²) in [5.41, 5.74) is 10.8. The molecule has 0 aliphatic rings. The molecule has 0 aliphatic heterocycles. The molecule has 0 fully saturated rings. The molecule has 6 nitrogen and oxygen atoms in total. The van der Waals surface area contributed by atoms with E-state index in [0.29, 0.717) is 19.4 Å². The molecule has 0 aliphatic carbocycles. The molecule has 0 aromatic heterocycles. The van der Waals surface area contributed by atoms with Crippen LogP contribution in [0.1, 0.15) is 33.1 Å². The standard InChI is InChI=1S/C16H28FN3O3S/c1-12(2)10-20(13(11-21)5-3-4-8-18)24(22,23)14-6-7-16(19)15(17)9-14/h6-7,9,12-13,21H,3-5,8,10-11,18-19H2,1-2H3/t13-/m0/s1. The van der Waals surface area contributed by atoms with E-state index in [1.54, 1.807) is 0 Å². The van der Waals surface area contributed by atoms with Gasteiger partial charge in [0.05, 0.1) is 17.2 Å². The maximum atomic E-state index is 13.7. The molecule has 5 N–H and O–H groups in total. The van der Waals surface area contributed by atoms with E-state index in [-0.39, 0.29) is 29.7 Å². The molecule has 8 heteroatoms.